The van der Waals surface area contributed by atoms with E-state index in [1.165, 1.54) is 0 Å². The molecule has 0 aliphatic heterocycles. The Morgan fingerprint density at radius 2 is 1.00 bits per heavy atom. The van der Waals surface area contributed by atoms with Gasteiger partial charge in [0.2, 0.25) is 0 Å². The number of aldehydes is 2. The zero-order valence-electron chi connectivity index (χ0n) is 21.9. The molecule has 186 valence electrons. The lowest BCUT2D eigenvalue weighted by molar-refractivity contribution is 0.111. The van der Waals surface area contributed by atoms with E-state index in [9.17, 15) is 19.8 Å². The molecule has 0 aliphatic rings. The van der Waals surface area contributed by atoms with Crippen molar-refractivity contribution in [3.05, 3.63) is 57.6 Å². The Labute approximate surface area is 204 Å². The monoisotopic (exact) mass is 468 g/mol. The summed E-state index contributed by atoms with van der Waals surface area (Å²) >= 11 is 0. The van der Waals surface area contributed by atoms with Crippen LogP contribution in [-0.4, -0.2) is 59.8 Å². The van der Waals surface area contributed by atoms with E-state index in [2.05, 4.69) is 51.3 Å². The van der Waals surface area contributed by atoms with Gasteiger partial charge in [-0.25, -0.2) is 0 Å². The fourth-order valence-electron chi connectivity index (χ4n) is 3.81. The first-order chi connectivity index (χ1) is 15.7. The third kappa shape index (κ3) is 6.90. The zero-order valence-corrected chi connectivity index (χ0v) is 21.9. The van der Waals surface area contributed by atoms with Gasteiger partial charge in [-0.1, -0.05) is 53.7 Å². The number of phenols is 2. The normalized spacial score (nSPS) is 12.4. The van der Waals surface area contributed by atoms with Gasteiger partial charge >= 0.3 is 0 Å². The molecule has 0 amide bonds. The number of nitrogens with zero attached hydrogens (tertiary/aromatic N) is 2. The van der Waals surface area contributed by atoms with Crippen molar-refractivity contribution in [1.29, 1.82) is 0 Å². The van der Waals surface area contributed by atoms with Crippen LogP contribution in [-0.2, 0) is 23.9 Å². The average molecular weight is 469 g/mol. The first-order valence-corrected chi connectivity index (χ1v) is 11.7. The lowest BCUT2D eigenvalue weighted by atomic mass is 9.84. The van der Waals surface area contributed by atoms with Gasteiger partial charge < -0.3 is 20.0 Å². The Hall–Kier alpha value is -2.70. The standard InChI is InChI=1S/C28H40N2O4/c1-27(2,3)23-11-19(25(33)21(13-23)17-31)15-29(7)9-10-30(8)16-20-12-24(28(4,5)6)14-22(18-32)26(20)34/h11-14,17-18,33-34H,9-10,15-16H2,1-8H3. The van der Waals surface area contributed by atoms with Crippen LogP contribution < -0.4 is 0 Å². The number of likely N-dealkylation sites (N-methyl/N-ethyl adjacent to an activating group) is 2. The first-order valence-electron chi connectivity index (χ1n) is 11.7. The minimum Gasteiger partial charge on any atom is -0.507 e. The maximum atomic E-state index is 11.5. The van der Waals surface area contributed by atoms with Crippen molar-refractivity contribution in [2.45, 2.75) is 65.5 Å². The van der Waals surface area contributed by atoms with E-state index in [4.69, 9.17) is 0 Å². The Morgan fingerprint density at radius 1 is 0.676 bits per heavy atom. The van der Waals surface area contributed by atoms with Gasteiger partial charge in [0.15, 0.2) is 12.6 Å². The molecule has 34 heavy (non-hydrogen) atoms. The molecular formula is C28H40N2O4. The number of carbonyl (C=O) groups excluding carboxylic acids is 2. The molecule has 6 heteroatoms. The molecule has 2 N–H and O–H groups in total. The molecule has 0 aliphatic carbocycles. The summed E-state index contributed by atoms with van der Waals surface area (Å²) in [6.45, 7) is 14.9. The Kier molecular flexibility index (Phi) is 8.67. The summed E-state index contributed by atoms with van der Waals surface area (Å²) in [7, 11) is 3.94. The minimum absolute atomic E-state index is 0.0357. The highest BCUT2D eigenvalue weighted by Gasteiger charge is 2.21. The molecule has 0 bridgehead atoms. The number of hydrogen-bond acceptors (Lipinski definition) is 6. The molecule has 6 nitrogen and oxygen atoms in total. The van der Waals surface area contributed by atoms with Crippen molar-refractivity contribution in [2.24, 2.45) is 0 Å². The van der Waals surface area contributed by atoms with E-state index in [0.29, 0.717) is 49.9 Å². The van der Waals surface area contributed by atoms with Crippen molar-refractivity contribution >= 4 is 12.6 Å². The lowest BCUT2D eigenvalue weighted by Crippen LogP contribution is -2.30. The summed E-state index contributed by atoms with van der Waals surface area (Å²) in [6, 6.07) is 7.45. The molecule has 2 aromatic carbocycles. The number of aromatic hydroxyl groups is 2. The van der Waals surface area contributed by atoms with Crippen LogP contribution in [0.3, 0.4) is 0 Å². The van der Waals surface area contributed by atoms with Crippen molar-refractivity contribution in [1.82, 2.24) is 9.80 Å². The van der Waals surface area contributed by atoms with Crippen molar-refractivity contribution in [3.8, 4) is 11.5 Å². The van der Waals surface area contributed by atoms with Gasteiger partial charge in [-0.3, -0.25) is 9.59 Å². The Balaban J connectivity index is 2.12. The van der Waals surface area contributed by atoms with E-state index < -0.39 is 0 Å². The summed E-state index contributed by atoms with van der Waals surface area (Å²) in [4.78, 5) is 27.1. The van der Waals surface area contributed by atoms with Crippen LogP contribution in [0.25, 0.3) is 0 Å². The van der Waals surface area contributed by atoms with Crippen LogP contribution in [0.5, 0.6) is 11.5 Å². The fourth-order valence-corrected chi connectivity index (χ4v) is 3.81. The smallest absolute Gasteiger partial charge is 0.153 e. The fraction of sp³-hybridized carbons (Fsp3) is 0.500. The molecule has 0 fully saturated rings. The van der Waals surface area contributed by atoms with Gasteiger partial charge in [0.05, 0.1) is 11.1 Å². The van der Waals surface area contributed by atoms with Crippen LogP contribution in [0.1, 0.15) is 84.5 Å². The van der Waals surface area contributed by atoms with Crippen molar-refractivity contribution in [2.75, 3.05) is 27.2 Å². The minimum atomic E-state index is -0.136. The molecular weight excluding hydrogens is 428 g/mol. The van der Waals surface area contributed by atoms with Gasteiger partial charge in [0.1, 0.15) is 11.5 Å². The second kappa shape index (κ2) is 10.7. The van der Waals surface area contributed by atoms with Gasteiger partial charge in [0.25, 0.3) is 0 Å². The second-order valence-electron chi connectivity index (χ2n) is 11.4. The number of benzene rings is 2. The van der Waals surface area contributed by atoms with Gasteiger partial charge in [0, 0.05) is 37.3 Å². The molecule has 0 saturated carbocycles. The number of hydrogen-bond donors (Lipinski definition) is 2. The average Bonchev–Trinajstić information content (AvgIpc) is 2.73. The topological polar surface area (TPSA) is 81.1 Å². The van der Waals surface area contributed by atoms with E-state index >= 15 is 0 Å². The number of phenolic OH excluding ortho intramolecular Hbond substituents is 2. The summed E-state index contributed by atoms with van der Waals surface area (Å²) in [6.07, 6.45) is 1.40. The van der Waals surface area contributed by atoms with E-state index in [-0.39, 0.29) is 22.3 Å². The van der Waals surface area contributed by atoms with Gasteiger partial charge in [-0.15, -0.1) is 0 Å². The second-order valence-corrected chi connectivity index (χ2v) is 11.4. The molecule has 0 aromatic heterocycles. The first kappa shape index (κ1) is 27.5. The Bertz CT molecular complexity index is 949. The van der Waals surface area contributed by atoms with Crippen molar-refractivity contribution < 1.29 is 19.8 Å². The Morgan fingerprint density at radius 3 is 1.26 bits per heavy atom. The highest BCUT2D eigenvalue weighted by atomic mass is 16.3. The molecule has 0 atom stereocenters. The van der Waals surface area contributed by atoms with Crippen LogP contribution >= 0.6 is 0 Å². The third-order valence-electron chi connectivity index (χ3n) is 6.17. The summed E-state index contributed by atoms with van der Waals surface area (Å²) in [5.74, 6) is 0.0713. The highest BCUT2D eigenvalue weighted by Crippen LogP contribution is 2.32. The van der Waals surface area contributed by atoms with Gasteiger partial charge in [-0.2, -0.15) is 0 Å². The zero-order chi connectivity index (χ0) is 25.8. The number of carbonyl (C=O) groups is 2. The lowest BCUT2D eigenvalue weighted by Gasteiger charge is -2.26. The van der Waals surface area contributed by atoms with Crippen LogP contribution in [0.2, 0.25) is 0 Å². The molecule has 2 rings (SSSR count). The molecule has 0 radical (unpaired) electrons. The molecule has 0 unspecified atom stereocenters. The summed E-state index contributed by atoms with van der Waals surface area (Å²) in [5.41, 5.74) is 3.82. The number of rotatable bonds is 9. The SMILES string of the molecule is CN(CCN(C)Cc1cc(C(C)(C)C)cc(C=O)c1O)Cc1cc(C(C)(C)C)cc(C=O)c1O. The molecule has 0 spiro atoms. The molecule has 0 heterocycles. The van der Waals surface area contributed by atoms with E-state index in [1.807, 2.05) is 26.2 Å². The van der Waals surface area contributed by atoms with Crippen LogP contribution in [0.4, 0.5) is 0 Å². The van der Waals surface area contributed by atoms with Crippen LogP contribution in [0, 0.1) is 0 Å². The largest absolute Gasteiger partial charge is 0.507 e. The predicted octanol–water partition coefficient (Wildman–Crippen LogP) is 4.88. The highest BCUT2D eigenvalue weighted by molar-refractivity contribution is 5.81. The van der Waals surface area contributed by atoms with E-state index in [0.717, 1.165) is 22.3 Å². The van der Waals surface area contributed by atoms with Crippen molar-refractivity contribution in [3.63, 3.8) is 0 Å². The summed E-state index contributed by atoms with van der Waals surface area (Å²) < 4.78 is 0. The quantitative estimate of drug-likeness (QED) is 0.511. The van der Waals surface area contributed by atoms with Crippen LogP contribution in [0.15, 0.2) is 24.3 Å². The molecule has 0 saturated heterocycles. The predicted molar refractivity (Wildman–Crippen MR) is 137 cm³/mol. The van der Waals surface area contributed by atoms with E-state index in [1.54, 1.807) is 12.1 Å². The maximum Gasteiger partial charge on any atom is 0.153 e. The maximum absolute atomic E-state index is 11.5. The summed E-state index contributed by atoms with van der Waals surface area (Å²) in [5, 5.41) is 21.1. The third-order valence-corrected chi connectivity index (χ3v) is 6.17. The molecule has 2 aromatic rings. The van der Waals surface area contributed by atoms with Gasteiger partial charge in [-0.05, 0) is 48.2 Å².